The van der Waals surface area contributed by atoms with Gasteiger partial charge >= 0.3 is 0 Å². The normalized spacial score (nSPS) is 21.9. The molecule has 0 atom stereocenters. The molecule has 7 heteroatoms. The monoisotopic (exact) mass is 441 g/mol. The first-order valence-corrected chi connectivity index (χ1v) is 12.1. The second kappa shape index (κ2) is 10.4. The van der Waals surface area contributed by atoms with Crippen LogP contribution in [0.15, 0.2) is 24.3 Å². The van der Waals surface area contributed by atoms with Crippen molar-refractivity contribution in [1.29, 1.82) is 0 Å². The molecule has 3 aliphatic heterocycles. The first-order valence-electron chi connectivity index (χ1n) is 12.1. The fourth-order valence-electron chi connectivity index (χ4n) is 5.18. The Kier molecular flexibility index (Phi) is 7.33. The van der Waals surface area contributed by atoms with Gasteiger partial charge in [-0.25, -0.2) is 0 Å². The maximum atomic E-state index is 12.9. The summed E-state index contributed by atoms with van der Waals surface area (Å²) in [6, 6.07) is 7.43. The lowest BCUT2D eigenvalue weighted by Crippen LogP contribution is -2.48. The maximum absolute atomic E-state index is 12.9. The summed E-state index contributed by atoms with van der Waals surface area (Å²) in [6.07, 6.45) is 7.97. The van der Waals surface area contributed by atoms with Crippen LogP contribution in [0.3, 0.4) is 0 Å². The summed E-state index contributed by atoms with van der Waals surface area (Å²) < 4.78 is 5.85. The second-order valence-corrected chi connectivity index (χ2v) is 9.45. The van der Waals surface area contributed by atoms with Crippen LogP contribution in [-0.2, 0) is 9.59 Å². The minimum Gasteiger partial charge on any atom is -0.493 e. The molecule has 1 N–H and O–H groups in total. The van der Waals surface area contributed by atoms with Gasteiger partial charge in [0.05, 0.1) is 12.2 Å². The largest absolute Gasteiger partial charge is 0.493 e. The van der Waals surface area contributed by atoms with Gasteiger partial charge in [0, 0.05) is 45.6 Å². The van der Waals surface area contributed by atoms with Crippen molar-refractivity contribution >= 4 is 17.7 Å². The average molecular weight is 442 g/mol. The van der Waals surface area contributed by atoms with E-state index in [1.165, 1.54) is 0 Å². The third-order valence-electron chi connectivity index (χ3n) is 7.31. The number of likely N-dealkylation sites (tertiary alicyclic amines) is 2. The van der Waals surface area contributed by atoms with Crippen LogP contribution in [0.1, 0.15) is 68.1 Å². The SMILES string of the molecule is O=C1NCC2(CCCCCOc3ccccc31)CCN(C(=O)CCN1CCCC1=O)CC2. The topological polar surface area (TPSA) is 79.0 Å². The van der Waals surface area contributed by atoms with Gasteiger partial charge in [-0.15, -0.1) is 0 Å². The van der Waals surface area contributed by atoms with Crippen molar-refractivity contribution in [3.63, 3.8) is 0 Å². The number of benzene rings is 1. The highest BCUT2D eigenvalue weighted by Gasteiger charge is 2.36. The lowest BCUT2D eigenvalue weighted by Gasteiger charge is -2.42. The Balaban J connectivity index is 1.34. The molecule has 174 valence electrons. The quantitative estimate of drug-likeness (QED) is 0.782. The highest BCUT2D eigenvalue weighted by molar-refractivity contribution is 5.96. The number of nitrogens with one attached hydrogen (secondary N) is 1. The van der Waals surface area contributed by atoms with Crippen LogP contribution >= 0.6 is 0 Å². The summed E-state index contributed by atoms with van der Waals surface area (Å²) in [6.45, 7) is 4.02. The number of piperidine rings is 1. The van der Waals surface area contributed by atoms with E-state index in [0.29, 0.717) is 43.9 Å². The third kappa shape index (κ3) is 5.43. The number of amides is 3. The van der Waals surface area contributed by atoms with Crippen molar-refractivity contribution in [2.75, 3.05) is 39.3 Å². The zero-order valence-electron chi connectivity index (χ0n) is 18.9. The van der Waals surface area contributed by atoms with Crippen LogP contribution in [0.2, 0.25) is 0 Å². The van der Waals surface area contributed by atoms with Crippen LogP contribution < -0.4 is 10.1 Å². The molecular weight excluding hydrogens is 406 g/mol. The molecule has 0 saturated carbocycles. The molecule has 0 radical (unpaired) electrons. The number of hydrogen-bond acceptors (Lipinski definition) is 4. The number of para-hydroxylation sites is 1. The second-order valence-electron chi connectivity index (χ2n) is 9.45. The number of hydrogen-bond donors (Lipinski definition) is 1. The van der Waals surface area contributed by atoms with Gasteiger partial charge in [0.25, 0.3) is 5.91 Å². The number of carbonyl (C=O) groups excluding carboxylic acids is 3. The summed E-state index contributed by atoms with van der Waals surface area (Å²) in [4.78, 5) is 41.2. The number of ether oxygens (including phenoxy) is 1. The van der Waals surface area contributed by atoms with Gasteiger partial charge in [-0.2, -0.15) is 0 Å². The van der Waals surface area contributed by atoms with Crippen molar-refractivity contribution in [2.24, 2.45) is 5.41 Å². The van der Waals surface area contributed by atoms with E-state index in [-0.39, 0.29) is 23.1 Å². The Bertz CT molecular complexity index is 832. The molecule has 0 aromatic heterocycles. The minimum atomic E-state index is -0.0886. The standard InChI is InChI=1S/C25H35N3O4/c29-22-9-6-14-27(22)15-10-23(30)28-16-12-25(13-17-28)11-4-1-5-18-32-21-8-3-2-7-20(21)24(31)26-19-25/h2-3,7-8H,1,4-6,9-19H2,(H,26,31). The number of rotatable bonds is 3. The van der Waals surface area contributed by atoms with Crippen molar-refractivity contribution in [3.05, 3.63) is 29.8 Å². The zero-order valence-corrected chi connectivity index (χ0v) is 18.9. The Morgan fingerprint density at radius 3 is 2.59 bits per heavy atom. The first kappa shape index (κ1) is 22.6. The number of fused-ring (bicyclic) bond motifs is 1. The van der Waals surface area contributed by atoms with Crippen LogP contribution in [0, 0.1) is 5.41 Å². The molecule has 0 bridgehead atoms. The molecule has 3 aliphatic rings. The molecule has 4 rings (SSSR count). The minimum absolute atomic E-state index is 0.0341. The van der Waals surface area contributed by atoms with Gasteiger partial charge in [-0.3, -0.25) is 14.4 Å². The number of carbonyl (C=O) groups is 3. The molecule has 2 saturated heterocycles. The Morgan fingerprint density at radius 1 is 1.00 bits per heavy atom. The van der Waals surface area contributed by atoms with Gasteiger partial charge in [0.1, 0.15) is 5.75 Å². The summed E-state index contributed by atoms with van der Waals surface area (Å²) in [5.41, 5.74) is 0.624. The molecule has 7 nitrogen and oxygen atoms in total. The smallest absolute Gasteiger partial charge is 0.255 e. The predicted octanol–water partition coefficient (Wildman–Crippen LogP) is 2.99. The van der Waals surface area contributed by atoms with Crippen molar-refractivity contribution < 1.29 is 19.1 Å². The molecular formula is C25H35N3O4. The highest BCUT2D eigenvalue weighted by atomic mass is 16.5. The molecule has 3 heterocycles. The van der Waals surface area contributed by atoms with E-state index in [4.69, 9.17) is 4.74 Å². The van der Waals surface area contributed by atoms with Gasteiger partial charge in [0.15, 0.2) is 0 Å². The fourth-order valence-corrected chi connectivity index (χ4v) is 5.18. The summed E-state index contributed by atoms with van der Waals surface area (Å²) in [5, 5.41) is 3.16. The van der Waals surface area contributed by atoms with E-state index < -0.39 is 0 Å². The predicted molar refractivity (Wildman–Crippen MR) is 121 cm³/mol. The third-order valence-corrected chi connectivity index (χ3v) is 7.31. The lowest BCUT2D eigenvalue weighted by atomic mass is 9.74. The molecule has 1 spiro atoms. The van der Waals surface area contributed by atoms with E-state index in [0.717, 1.165) is 64.6 Å². The van der Waals surface area contributed by atoms with Gasteiger partial charge in [-0.1, -0.05) is 25.0 Å². The summed E-state index contributed by atoms with van der Waals surface area (Å²) in [5.74, 6) is 0.875. The zero-order chi connectivity index (χ0) is 22.4. The van der Waals surface area contributed by atoms with Crippen molar-refractivity contribution in [1.82, 2.24) is 15.1 Å². The van der Waals surface area contributed by atoms with Gasteiger partial charge in [0.2, 0.25) is 11.8 Å². The fraction of sp³-hybridized carbons (Fsp3) is 0.640. The maximum Gasteiger partial charge on any atom is 0.255 e. The van der Waals surface area contributed by atoms with Crippen LogP contribution in [0.5, 0.6) is 5.75 Å². The Morgan fingerprint density at radius 2 is 1.81 bits per heavy atom. The van der Waals surface area contributed by atoms with Gasteiger partial charge in [-0.05, 0) is 49.7 Å². The molecule has 0 aliphatic carbocycles. The van der Waals surface area contributed by atoms with Gasteiger partial charge < -0.3 is 19.9 Å². The first-order chi connectivity index (χ1) is 15.6. The van der Waals surface area contributed by atoms with E-state index in [1.807, 2.05) is 34.1 Å². The molecule has 1 aromatic rings. The van der Waals surface area contributed by atoms with E-state index in [1.54, 1.807) is 0 Å². The molecule has 32 heavy (non-hydrogen) atoms. The van der Waals surface area contributed by atoms with E-state index >= 15 is 0 Å². The van der Waals surface area contributed by atoms with Crippen molar-refractivity contribution in [3.8, 4) is 5.75 Å². The van der Waals surface area contributed by atoms with Crippen LogP contribution in [-0.4, -0.2) is 66.9 Å². The Labute approximate surface area is 190 Å². The Hall–Kier alpha value is -2.57. The summed E-state index contributed by atoms with van der Waals surface area (Å²) in [7, 11) is 0. The molecule has 2 fully saturated rings. The van der Waals surface area contributed by atoms with E-state index in [2.05, 4.69) is 5.32 Å². The van der Waals surface area contributed by atoms with Crippen LogP contribution in [0.4, 0.5) is 0 Å². The lowest BCUT2D eigenvalue weighted by molar-refractivity contribution is -0.134. The molecule has 0 unspecified atom stereocenters. The average Bonchev–Trinajstić information content (AvgIpc) is 3.23. The molecule has 1 aromatic carbocycles. The van der Waals surface area contributed by atoms with E-state index in [9.17, 15) is 14.4 Å². The van der Waals surface area contributed by atoms with Crippen LogP contribution in [0.25, 0.3) is 0 Å². The van der Waals surface area contributed by atoms with Crippen molar-refractivity contribution in [2.45, 2.75) is 57.8 Å². The summed E-state index contributed by atoms with van der Waals surface area (Å²) >= 11 is 0. The molecule has 3 amide bonds. The highest BCUT2D eigenvalue weighted by Crippen LogP contribution is 2.37. The number of nitrogens with zero attached hydrogens (tertiary/aromatic N) is 2.